The van der Waals surface area contributed by atoms with Crippen LogP contribution in [0.25, 0.3) is 0 Å². The van der Waals surface area contributed by atoms with Gasteiger partial charge in [0.25, 0.3) is 10.0 Å². The summed E-state index contributed by atoms with van der Waals surface area (Å²) < 4.78 is 40.8. The number of sulfonamides is 1. The van der Waals surface area contributed by atoms with E-state index in [4.69, 9.17) is 5.73 Å². The lowest BCUT2D eigenvalue weighted by molar-refractivity contribution is 0.598. The van der Waals surface area contributed by atoms with Crippen LogP contribution in [-0.4, -0.2) is 8.42 Å². The lowest BCUT2D eigenvalue weighted by Gasteiger charge is -2.10. The number of nitrogen functional groups attached to an aromatic ring is 1. The highest BCUT2D eigenvalue weighted by Gasteiger charge is 2.17. The second-order valence-electron chi connectivity index (χ2n) is 4.25. The molecular weight excluding hydrogens is 347 g/mol. The van der Waals surface area contributed by atoms with Crippen LogP contribution >= 0.6 is 15.9 Å². The smallest absolute Gasteiger partial charge is 0.261 e. The van der Waals surface area contributed by atoms with Crippen molar-refractivity contribution >= 4 is 37.3 Å². The average Bonchev–Trinajstić information content (AvgIpc) is 2.36. The third-order valence-electron chi connectivity index (χ3n) is 2.72. The summed E-state index contributed by atoms with van der Waals surface area (Å²) in [5.41, 5.74) is 6.67. The first kappa shape index (κ1) is 14.8. The topological polar surface area (TPSA) is 72.2 Å². The van der Waals surface area contributed by atoms with Gasteiger partial charge in [-0.2, -0.15) is 0 Å². The fourth-order valence-electron chi connectivity index (χ4n) is 1.59. The molecule has 0 fully saturated rings. The van der Waals surface area contributed by atoms with E-state index >= 15 is 0 Å². The first-order chi connectivity index (χ1) is 9.29. The van der Waals surface area contributed by atoms with Crippen LogP contribution in [0, 0.1) is 12.7 Å². The number of hydrogen-bond acceptors (Lipinski definition) is 3. The molecule has 0 radical (unpaired) electrons. The molecule has 4 nitrogen and oxygen atoms in total. The first-order valence-electron chi connectivity index (χ1n) is 5.63. The second-order valence-corrected chi connectivity index (χ2v) is 6.85. The summed E-state index contributed by atoms with van der Waals surface area (Å²) in [6.07, 6.45) is 0. The van der Waals surface area contributed by atoms with Crippen molar-refractivity contribution < 1.29 is 12.8 Å². The van der Waals surface area contributed by atoms with Crippen LogP contribution in [0.1, 0.15) is 5.56 Å². The summed E-state index contributed by atoms with van der Waals surface area (Å²) in [5.74, 6) is -0.649. The first-order valence-corrected chi connectivity index (χ1v) is 7.91. The Balaban J connectivity index is 2.40. The van der Waals surface area contributed by atoms with Crippen LogP contribution in [0.3, 0.4) is 0 Å². The van der Waals surface area contributed by atoms with Gasteiger partial charge in [-0.1, -0.05) is 15.9 Å². The van der Waals surface area contributed by atoms with E-state index in [9.17, 15) is 12.8 Å². The van der Waals surface area contributed by atoms with E-state index in [1.807, 2.05) is 0 Å². The minimum atomic E-state index is -3.86. The monoisotopic (exact) mass is 358 g/mol. The largest absolute Gasteiger partial charge is 0.399 e. The van der Waals surface area contributed by atoms with E-state index in [2.05, 4.69) is 20.7 Å². The molecule has 0 aliphatic rings. The Morgan fingerprint density at radius 3 is 2.55 bits per heavy atom. The molecule has 2 rings (SSSR count). The normalized spacial score (nSPS) is 11.3. The van der Waals surface area contributed by atoms with E-state index < -0.39 is 15.8 Å². The average molecular weight is 359 g/mol. The zero-order chi connectivity index (χ0) is 14.9. The molecule has 7 heteroatoms. The molecule has 0 heterocycles. The van der Waals surface area contributed by atoms with Gasteiger partial charge < -0.3 is 5.73 Å². The summed E-state index contributed by atoms with van der Waals surface area (Å²) in [7, 11) is -3.86. The van der Waals surface area contributed by atoms with Gasteiger partial charge in [0, 0.05) is 10.2 Å². The molecule has 0 unspecified atom stereocenters. The molecule has 2 aromatic rings. The highest BCUT2D eigenvalue weighted by atomic mass is 79.9. The van der Waals surface area contributed by atoms with Crippen LogP contribution in [0.4, 0.5) is 15.8 Å². The molecule has 0 atom stereocenters. The van der Waals surface area contributed by atoms with Crippen molar-refractivity contribution in [3.8, 4) is 0 Å². The molecule has 0 aromatic heterocycles. The number of nitrogens with one attached hydrogen (secondary N) is 1. The predicted octanol–water partition coefficient (Wildman–Crippen LogP) is 3.28. The molecule has 2 aromatic carbocycles. The van der Waals surface area contributed by atoms with E-state index in [0.717, 1.165) is 0 Å². The number of anilines is 2. The predicted molar refractivity (Wildman–Crippen MR) is 80.5 cm³/mol. The van der Waals surface area contributed by atoms with Gasteiger partial charge in [-0.25, -0.2) is 12.8 Å². The number of nitrogens with two attached hydrogens (primary N) is 1. The fourth-order valence-corrected chi connectivity index (χ4v) is 3.10. The number of benzene rings is 2. The standard InChI is InChI=1S/C13H12BrFN2O2S/c1-8-6-10(3-5-12(8)16)20(18,19)17-13-7-9(14)2-4-11(13)15/h2-7,17H,16H2,1H3. The minimum Gasteiger partial charge on any atom is -0.399 e. The van der Waals surface area contributed by atoms with Crippen LogP contribution < -0.4 is 10.5 Å². The second kappa shape index (κ2) is 5.41. The number of aryl methyl sites for hydroxylation is 1. The van der Waals surface area contributed by atoms with Crippen molar-refractivity contribution in [2.45, 2.75) is 11.8 Å². The Hall–Kier alpha value is -1.60. The molecule has 106 valence electrons. The minimum absolute atomic E-state index is 0.0311. The van der Waals surface area contributed by atoms with Crippen LogP contribution in [0.2, 0.25) is 0 Å². The zero-order valence-corrected chi connectivity index (χ0v) is 12.9. The zero-order valence-electron chi connectivity index (χ0n) is 10.5. The molecule has 0 bridgehead atoms. The highest BCUT2D eigenvalue weighted by molar-refractivity contribution is 9.10. The van der Waals surface area contributed by atoms with Gasteiger partial charge in [0.1, 0.15) is 5.82 Å². The maximum absolute atomic E-state index is 13.6. The molecule has 0 spiro atoms. The summed E-state index contributed by atoms with van der Waals surface area (Å²) in [4.78, 5) is 0.0311. The molecule has 0 saturated carbocycles. The van der Waals surface area contributed by atoms with E-state index in [-0.39, 0.29) is 10.6 Å². The van der Waals surface area contributed by atoms with Gasteiger partial charge in [-0.05, 0) is 48.9 Å². The molecule has 0 aliphatic carbocycles. The maximum atomic E-state index is 13.6. The van der Waals surface area contributed by atoms with Gasteiger partial charge in [0.2, 0.25) is 0 Å². The Kier molecular flexibility index (Phi) is 4.01. The van der Waals surface area contributed by atoms with Crippen molar-refractivity contribution in [1.82, 2.24) is 0 Å². The van der Waals surface area contributed by atoms with E-state index in [1.165, 1.54) is 36.4 Å². The van der Waals surface area contributed by atoms with Crippen molar-refractivity contribution in [3.63, 3.8) is 0 Å². The third kappa shape index (κ3) is 3.10. The third-order valence-corrected chi connectivity index (χ3v) is 4.58. The summed E-state index contributed by atoms with van der Waals surface area (Å²) >= 11 is 3.16. The lowest BCUT2D eigenvalue weighted by Crippen LogP contribution is -2.14. The number of hydrogen-bond donors (Lipinski definition) is 2. The van der Waals surface area contributed by atoms with Crippen LogP contribution in [0.5, 0.6) is 0 Å². The number of halogens is 2. The van der Waals surface area contributed by atoms with Gasteiger partial charge in [-0.3, -0.25) is 4.72 Å². The summed E-state index contributed by atoms with van der Waals surface area (Å²) in [6.45, 7) is 1.70. The SMILES string of the molecule is Cc1cc(S(=O)(=O)Nc2cc(Br)ccc2F)ccc1N. The fraction of sp³-hybridized carbons (Fsp3) is 0.0769. The maximum Gasteiger partial charge on any atom is 0.261 e. The highest BCUT2D eigenvalue weighted by Crippen LogP contribution is 2.24. The van der Waals surface area contributed by atoms with E-state index in [1.54, 1.807) is 6.92 Å². The van der Waals surface area contributed by atoms with Crippen molar-refractivity contribution in [3.05, 3.63) is 52.3 Å². The number of rotatable bonds is 3. The molecule has 20 heavy (non-hydrogen) atoms. The van der Waals surface area contributed by atoms with Crippen LogP contribution in [0.15, 0.2) is 45.8 Å². The molecule has 0 saturated heterocycles. The Labute approximate surface area is 125 Å². The van der Waals surface area contributed by atoms with Gasteiger partial charge in [0.15, 0.2) is 0 Å². The molecule has 0 aliphatic heterocycles. The lowest BCUT2D eigenvalue weighted by atomic mass is 10.2. The Bertz CT molecular complexity index is 763. The molecule has 3 N–H and O–H groups in total. The van der Waals surface area contributed by atoms with Gasteiger partial charge in [-0.15, -0.1) is 0 Å². The summed E-state index contributed by atoms with van der Waals surface area (Å²) in [6, 6.07) is 8.34. The van der Waals surface area contributed by atoms with Crippen LogP contribution in [-0.2, 0) is 10.0 Å². The quantitative estimate of drug-likeness (QED) is 0.827. The molecular formula is C13H12BrFN2O2S. The van der Waals surface area contributed by atoms with Gasteiger partial charge >= 0.3 is 0 Å². The van der Waals surface area contributed by atoms with Crippen molar-refractivity contribution in [2.75, 3.05) is 10.5 Å². The molecule has 0 amide bonds. The Morgan fingerprint density at radius 2 is 1.90 bits per heavy atom. The Morgan fingerprint density at radius 1 is 1.20 bits per heavy atom. The van der Waals surface area contributed by atoms with Crippen molar-refractivity contribution in [1.29, 1.82) is 0 Å². The van der Waals surface area contributed by atoms with Crippen molar-refractivity contribution in [2.24, 2.45) is 0 Å². The summed E-state index contributed by atoms with van der Waals surface area (Å²) in [5, 5.41) is 0. The van der Waals surface area contributed by atoms with E-state index in [0.29, 0.717) is 15.7 Å². The van der Waals surface area contributed by atoms with Gasteiger partial charge in [0.05, 0.1) is 10.6 Å².